The summed E-state index contributed by atoms with van der Waals surface area (Å²) in [7, 11) is 2.09. The molecule has 5 nitrogen and oxygen atoms in total. The van der Waals surface area contributed by atoms with Crippen molar-refractivity contribution in [3.8, 4) is 11.3 Å². The zero-order valence-electron chi connectivity index (χ0n) is 15.0. The summed E-state index contributed by atoms with van der Waals surface area (Å²) in [5, 5.41) is 5.04. The van der Waals surface area contributed by atoms with Crippen LogP contribution in [0.25, 0.3) is 27.8 Å². The van der Waals surface area contributed by atoms with Gasteiger partial charge in [-0.05, 0) is 18.9 Å². The molecule has 5 heteroatoms. The van der Waals surface area contributed by atoms with Crippen LogP contribution in [0.5, 0.6) is 0 Å². The van der Waals surface area contributed by atoms with E-state index in [9.17, 15) is 0 Å². The van der Waals surface area contributed by atoms with Gasteiger partial charge >= 0.3 is 0 Å². The molecule has 0 saturated heterocycles. The summed E-state index contributed by atoms with van der Waals surface area (Å²) in [5.74, 6) is 1.09. The Hall–Kier alpha value is -2.82. The van der Waals surface area contributed by atoms with Crippen molar-refractivity contribution in [1.29, 1.82) is 0 Å². The number of anilines is 1. The van der Waals surface area contributed by atoms with E-state index >= 15 is 0 Å². The number of aromatic nitrogens is 4. The molecular formula is C21H23N5. The number of hydrogen-bond acceptors (Lipinski definition) is 3. The second-order valence-corrected chi connectivity index (χ2v) is 7.26. The summed E-state index contributed by atoms with van der Waals surface area (Å²) in [4.78, 5) is 9.20. The Bertz CT molecular complexity index is 1070. The number of hydrogen-bond donors (Lipinski definition) is 1. The van der Waals surface area contributed by atoms with Crippen molar-refractivity contribution >= 4 is 22.4 Å². The zero-order chi connectivity index (χ0) is 17.5. The molecule has 1 aromatic carbocycles. The first kappa shape index (κ1) is 15.4. The Labute approximate surface area is 152 Å². The Kier molecular flexibility index (Phi) is 3.66. The molecule has 3 aromatic heterocycles. The number of fused-ring (bicyclic) bond motifs is 2. The van der Waals surface area contributed by atoms with Gasteiger partial charge in [0.2, 0.25) is 0 Å². The molecule has 0 atom stereocenters. The smallest absolute Gasteiger partial charge is 0.157 e. The van der Waals surface area contributed by atoms with Crippen LogP contribution >= 0.6 is 0 Å². The van der Waals surface area contributed by atoms with Crippen LogP contribution < -0.4 is 5.32 Å². The van der Waals surface area contributed by atoms with Crippen LogP contribution in [-0.4, -0.2) is 25.0 Å². The van der Waals surface area contributed by atoms with Crippen molar-refractivity contribution in [2.45, 2.75) is 38.1 Å². The fraction of sp³-hybridized carbons (Fsp3) is 0.333. The minimum absolute atomic E-state index is 0.519. The molecule has 1 fully saturated rings. The van der Waals surface area contributed by atoms with Crippen molar-refractivity contribution in [3.05, 3.63) is 49.1 Å². The Morgan fingerprint density at radius 3 is 2.85 bits per heavy atom. The van der Waals surface area contributed by atoms with E-state index in [0.717, 1.165) is 17.2 Å². The number of aryl methyl sites for hydroxylation is 1. The average Bonchev–Trinajstić information content (AvgIpc) is 3.21. The van der Waals surface area contributed by atoms with E-state index < -0.39 is 0 Å². The highest BCUT2D eigenvalue weighted by Crippen LogP contribution is 2.36. The Morgan fingerprint density at radius 1 is 1.12 bits per heavy atom. The normalized spacial score (nSPS) is 15.7. The lowest BCUT2D eigenvalue weighted by atomic mass is 9.95. The van der Waals surface area contributed by atoms with Crippen molar-refractivity contribution in [2.75, 3.05) is 5.32 Å². The van der Waals surface area contributed by atoms with Gasteiger partial charge in [0, 0.05) is 48.1 Å². The molecule has 4 aromatic rings. The second-order valence-electron chi connectivity index (χ2n) is 7.26. The van der Waals surface area contributed by atoms with E-state index in [1.165, 1.54) is 48.6 Å². The van der Waals surface area contributed by atoms with E-state index in [-0.39, 0.29) is 0 Å². The van der Waals surface area contributed by atoms with Crippen LogP contribution in [0.4, 0.5) is 5.82 Å². The minimum atomic E-state index is 0.519. The van der Waals surface area contributed by atoms with E-state index in [0.29, 0.717) is 6.04 Å². The average molecular weight is 345 g/mol. The van der Waals surface area contributed by atoms with Crippen LogP contribution in [0.1, 0.15) is 32.1 Å². The molecule has 0 spiro atoms. The third-order valence-corrected chi connectivity index (χ3v) is 5.53. The molecule has 26 heavy (non-hydrogen) atoms. The van der Waals surface area contributed by atoms with E-state index in [2.05, 4.69) is 56.8 Å². The lowest BCUT2D eigenvalue weighted by molar-refractivity contribution is 0.462. The van der Waals surface area contributed by atoms with Gasteiger partial charge in [-0.2, -0.15) is 0 Å². The number of rotatable bonds is 3. The molecule has 1 aliphatic rings. The summed E-state index contributed by atoms with van der Waals surface area (Å²) in [5.41, 5.74) is 4.29. The lowest BCUT2D eigenvalue weighted by Crippen LogP contribution is -2.23. The number of para-hydroxylation sites is 1. The summed E-state index contributed by atoms with van der Waals surface area (Å²) in [6.07, 6.45) is 14.3. The predicted molar refractivity (Wildman–Crippen MR) is 105 cm³/mol. The molecule has 1 N–H and O–H groups in total. The summed E-state index contributed by atoms with van der Waals surface area (Å²) in [6, 6.07) is 9.03. The van der Waals surface area contributed by atoms with Crippen molar-refractivity contribution < 1.29 is 0 Å². The summed E-state index contributed by atoms with van der Waals surface area (Å²) in [6.45, 7) is 0. The number of benzene rings is 1. The van der Waals surface area contributed by atoms with E-state index in [4.69, 9.17) is 4.98 Å². The largest absolute Gasteiger partial charge is 0.367 e. The van der Waals surface area contributed by atoms with Gasteiger partial charge < -0.3 is 9.88 Å². The molecule has 0 amide bonds. The number of imidazole rings is 1. The van der Waals surface area contributed by atoms with Crippen LogP contribution in [0.15, 0.2) is 49.1 Å². The third kappa shape index (κ3) is 2.46. The van der Waals surface area contributed by atoms with Crippen LogP contribution in [0, 0.1) is 0 Å². The molecule has 1 aliphatic carbocycles. The van der Waals surface area contributed by atoms with Crippen molar-refractivity contribution in [1.82, 2.24) is 18.9 Å². The molecule has 1 saturated carbocycles. The lowest BCUT2D eigenvalue weighted by Gasteiger charge is -2.24. The SMILES string of the molecule is Cn1cc(-c2nc3cnccn3c2NC2CCCCC2)c2ccccc21. The van der Waals surface area contributed by atoms with E-state index in [1.54, 1.807) is 0 Å². The number of nitrogens with zero attached hydrogens (tertiary/aromatic N) is 4. The molecule has 3 heterocycles. The van der Waals surface area contributed by atoms with Gasteiger partial charge in [0.25, 0.3) is 0 Å². The maximum absolute atomic E-state index is 4.94. The molecular weight excluding hydrogens is 322 g/mol. The highest BCUT2D eigenvalue weighted by atomic mass is 15.2. The fourth-order valence-corrected chi connectivity index (χ4v) is 4.20. The maximum Gasteiger partial charge on any atom is 0.157 e. The van der Waals surface area contributed by atoms with Gasteiger partial charge in [-0.25, -0.2) is 4.98 Å². The topological polar surface area (TPSA) is 47.2 Å². The van der Waals surface area contributed by atoms with Crippen LogP contribution in [0.3, 0.4) is 0 Å². The van der Waals surface area contributed by atoms with Gasteiger partial charge in [0.15, 0.2) is 5.65 Å². The first-order valence-corrected chi connectivity index (χ1v) is 9.44. The summed E-state index contributed by atoms with van der Waals surface area (Å²) < 4.78 is 4.32. The molecule has 132 valence electrons. The standard InChI is InChI=1S/C21H23N5/c1-25-14-17(16-9-5-6-10-18(16)25)20-21(23-15-7-3-2-4-8-15)26-12-11-22-13-19(26)24-20/h5-6,9-15,23H,2-4,7-8H2,1H3. The Morgan fingerprint density at radius 2 is 1.96 bits per heavy atom. The predicted octanol–water partition coefficient (Wildman–Crippen LogP) is 4.63. The zero-order valence-corrected chi connectivity index (χ0v) is 15.0. The highest BCUT2D eigenvalue weighted by molar-refractivity contribution is 5.98. The maximum atomic E-state index is 4.94. The van der Waals surface area contributed by atoms with Gasteiger partial charge in [-0.1, -0.05) is 37.5 Å². The fourth-order valence-electron chi connectivity index (χ4n) is 4.20. The van der Waals surface area contributed by atoms with Crippen molar-refractivity contribution in [2.24, 2.45) is 7.05 Å². The molecule has 0 aliphatic heterocycles. The van der Waals surface area contributed by atoms with E-state index in [1.807, 2.05) is 18.6 Å². The monoisotopic (exact) mass is 345 g/mol. The Balaban J connectivity index is 1.70. The van der Waals surface area contributed by atoms with Crippen LogP contribution in [0.2, 0.25) is 0 Å². The first-order valence-electron chi connectivity index (χ1n) is 9.44. The number of nitrogens with one attached hydrogen (secondary N) is 1. The van der Waals surface area contributed by atoms with Gasteiger partial charge in [-0.3, -0.25) is 9.38 Å². The minimum Gasteiger partial charge on any atom is -0.367 e. The third-order valence-electron chi connectivity index (χ3n) is 5.53. The van der Waals surface area contributed by atoms with Gasteiger partial charge in [0.05, 0.1) is 6.20 Å². The van der Waals surface area contributed by atoms with Gasteiger partial charge in [0.1, 0.15) is 11.5 Å². The molecule has 0 radical (unpaired) electrons. The van der Waals surface area contributed by atoms with Crippen LogP contribution in [-0.2, 0) is 7.05 Å². The molecule has 0 unspecified atom stereocenters. The van der Waals surface area contributed by atoms with Gasteiger partial charge in [-0.15, -0.1) is 0 Å². The molecule has 0 bridgehead atoms. The first-order chi connectivity index (χ1) is 12.8. The van der Waals surface area contributed by atoms with Crippen molar-refractivity contribution in [3.63, 3.8) is 0 Å². The second kappa shape index (κ2) is 6.16. The summed E-state index contributed by atoms with van der Waals surface area (Å²) >= 11 is 0. The molecule has 5 rings (SSSR count). The quantitative estimate of drug-likeness (QED) is 0.589. The highest BCUT2D eigenvalue weighted by Gasteiger charge is 2.21.